The first-order valence-corrected chi connectivity index (χ1v) is 8.03. The number of nitrogens with one attached hydrogen (secondary N) is 1. The van der Waals surface area contributed by atoms with Crippen LogP contribution in [-0.4, -0.2) is 19.3 Å². The van der Waals surface area contributed by atoms with Crippen LogP contribution in [0.4, 0.5) is 0 Å². The molecule has 3 heteroatoms. The van der Waals surface area contributed by atoms with Crippen LogP contribution in [0.15, 0.2) is 22.7 Å². The van der Waals surface area contributed by atoms with Gasteiger partial charge in [0.25, 0.3) is 0 Å². The number of halogens is 1. The summed E-state index contributed by atoms with van der Waals surface area (Å²) in [6, 6.07) is 7.56. The Kier molecular flexibility index (Phi) is 5.43. The van der Waals surface area contributed by atoms with Crippen molar-refractivity contribution in [2.75, 3.05) is 13.2 Å². The van der Waals surface area contributed by atoms with Gasteiger partial charge in [0.15, 0.2) is 0 Å². The largest absolute Gasteiger partial charge is 0.380 e. The predicted octanol–water partition coefficient (Wildman–Crippen LogP) is 4.09. The van der Waals surface area contributed by atoms with Crippen molar-refractivity contribution in [3.8, 4) is 0 Å². The van der Waals surface area contributed by atoms with Gasteiger partial charge in [0.1, 0.15) is 0 Å². The van der Waals surface area contributed by atoms with E-state index in [9.17, 15) is 0 Å². The Morgan fingerprint density at radius 2 is 2.21 bits per heavy atom. The van der Waals surface area contributed by atoms with Crippen LogP contribution in [0, 0.1) is 5.92 Å². The molecule has 1 aliphatic rings. The Labute approximate surface area is 125 Å². The molecule has 1 aliphatic carbocycles. The summed E-state index contributed by atoms with van der Waals surface area (Å²) in [4.78, 5) is 0. The van der Waals surface area contributed by atoms with Crippen LogP contribution in [0.3, 0.4) is 0 Å². The molecule has 0 bridgehead atoms. The lowest BCUT2D eigenvalue weighted by Crippen LogP contribution is -2.39. The molecule has 2 unspecified atom stereocenters. The molecule has 0 amide bonds. The molecule has 0 saturated carbocycles. The van der Waals surface area contributed by atoms with E-state index < -0.39 is 0 Å². The van der Waals surface area contributed by atoms with Crippen LogP contribution >= 0.6 is 15.9 Å². The highest BCUT2D eigenvalue weighted by atomic mass is 79.9. The fraction of sp³-hybridized carbons (Fsp3) is 0.625. The third kappa shape index (κ3) is 3.80. The second kappa shape index (κ2) is 6.87. The van der Waals surface area contributed by atoms with Gasteiger partial charge in [-0.05, 0) is 48.9 Å². The van der Waals surface area contributed by atoms with Gasteiger partial charge < -0.3 is 10.1 Å². The fourth-order valence-electron chi connectivity index (χ4n) is 2.70. The first kappa shape index (κ1) is 15.0. The van der Waals surface area contributed by atoms with Crippen molar-refractivity contribution in [3.63, 3.8) is 0 Å². The summed E-state index contributed by atoms with van der Waals surface area (Å²) >= 11 is 3.55. The van der Waals surface area contributed by atoms with Crippen LogP contribution < -0.4 is 5.32 Å². The lowest BCUT2D eigenvalue weighted by Gasteiger charge is -2.26. The summed E-state index contributed by atoms with van der Waals surface area (Å²) in [6.45, 7) is 8.16. The Morgan fingerprint density at radius 3 is 2.89 bits per heavy atom. The van der Waals surface area contributed by atoms with Crippen LogP contribution in [0.2, 0.25) is 0 Å². The molecular formula is C16H24BrNO. The molecular weight excluding hydrogens is 302 g/mol. The van der Waals surface area contributed by atoms with E-state index in [1.165, 1.54) is 28.4 Å². The first-order valence-electron chi connectivity index (χ1n) is 7.24. The Balaban J connectivity index is 2.04. The molecule has 0 heterocycles. The van der Waals surface area contributed by atoms with E-state index in [4.69, 9.17) is 4.74 Å². The lowest BCUT2D eigenvalue weighted by atomic mass is 10.0. The zero-order chi connectivity index (χ0) is 13.8. The van der Waals surface area contributed by atoms with Crippen LogP contribution in [0.25, 0.3) is 0 Å². The summed E-state index contributed by atoms with van der Waals surface area (Å²) in [6.07, 6.45) is 2.37. The maximum absolute atomic E-state index is 5.60. The third-order valence-electron chi connectivity index (χ3n) is 3.90. The monoisotopic (exact) mass is 325 g/mol. The molecule has 0 spiro atoms. The molecule has 106 valence electrons. The number of aryl methyl sites for hydroxylation is 1. The SMILES string of the molecule is CCOCC(NC1CCc2cc(Br)ccc21)C(C)C. The number of rotatable bonds is 6. The second-order valence-electron chi connectivity index (χ2n) is 5.61. The van der Waals surface area contributed by atoms with Crippen molar-refractivity contribution < 1.29 is 4.74 Å². The molecule has 0 fully saturated rings. The standard InChI is InChI=1S/C16H24BrNO/c1-4-19-10-16(11(2)3)18-15-8-5-12-9-13(17)6-7-14(12)15/h6-7,9,11,15-16,18H,4-5,8,10H2,1-3H3. The summed E-state index contributed by atoms with van der Waals surface area (Å²) in [5, 5.41) is 3.79. The molecule has 0 aromatic heterocycles. The molecule has 0 aliphatic heterocycles. The van der Waals surface area contributed by atoms with Crippen molar-refractivity contribution in [3.05, 3.63) is 33.8 Å². The van der Waals surface area contributed by atoms with E-state index >= 15 is 0 Å². The van der Waals surface area contributed by atoms with Gasteiger partial charge in [0.05, 0.1) is 6.61 Å². The quantitative estimate of drug-likeness (QED) is 0.850. The minimum atomic E-state index is 0.430. The molecule has 0 radical (unpaired) electrons. The summed E-state index contributed by atoms with van der Waals surface area (Å²) in [5.41, 5.74) is 2.94. The highest BCUT2D eigenvalue weighted by Gasteiger charge is 2.26. The summed E-state index contributed by atoms with van der Waals surface area (Å²) in [7, 11) is 0. The van der Waals surface area contributed by atoms with E-state index in [-0.39, 0.29) is 0 Å². The molecule has 1 aromatic carbocycles. The summed E-state index contributed by atoms with van der Waals surface area (Å²) < 4.78 is 6.79. The van der Waals surface area contributed by atoms with Crippen molar-refractivity contribution in [1.82, 2.24) is 5.32 Å². The topological polar surface area (TPSA) is 21.3 Å². The van der Waals surface area contributed by atoms with E-state index in [0.29, 0.717) is 18.0 Å². The maximum Gasteiger partial charge on any atom is 0.0622 e. The fourth-order valence-corrected chi connectivity index (χ4v) is 3.10. The zero-order valence-electron chi connectivity index (χ0n) is 12.1. The predicted molar refractivity (Wildman–Crippen MR) is 83.5 cm³/mol. The Morgan fingerprint density at radius 1 is 1.42 bits per heavy atom. The van der Waals surface area contributed by atoms with Gasteiger partial charge in [-0.2, -0.15) is 0 Å². The lowest BCUT2D eigenvalue weighted by molar-refractivity contribution is 0.103. The van der Waals surface area contributed by atoms with Gasteiger partial charge in [-0.1, -0.05) is 35.8 Å². The molecule has 2 rings (SSSR count). The van der Waals surface area contributed by atoms with Crippen molar-refractivity contribution in [1.29, 1.82) is 0 Å². The van der Waals surface area contributed by atoms with Gasteiger partial charge >= 0.3 is 0 Å². The molecule has 2 nitrogen and oxygen atoms in total. The number of benzene rings is 1. The van der Waals surface area contributed by atoms with E-state index in [1.54, 1.807) is 0 Å². The first-order chi connectivity index (χ1) is 9.11. The van der Waals surface area contributed by atoms with Gasteiger partial charge in [0.2, 0.25) is 0 Å². The second-order valence-corrected chi connectivity index (χ2v) is 6.53. The Bertz CT molecular complexity index is 419. The van der Waals surface area contributed by atoms with Gasteiger partial charge in [-0.15, -0.1) is 0 Å². The molecule has 19 heavy (non-hydrogen) atoms. The van der Waals surface area contributed by atoms with Crippen LogP contribution in [0.1, 0.15) is 44.4 Å². The minimum absolute atomic E-state index is 0.430. The average Bonchev–Trinajstić information content (AvgIpc) is 2.76. The smallest absolute Gasteiger partial charge is 0.0622 e. The normalized spacial score (nSPS) is 19.7. The van der Waals surface area contributed by atoms with E-state index in [0.717, 1.165) is 13.2 Å². The van der Waals surface area contributed by atoms with Gasteiger partial charge in [-0.25, -0.2) is 0 Å². The third-order valence-corrected chi connectivity index (χ3v) is 4.40. The van der Waals surface area contributed by atoms with Crippen LogP contribution in [-0.2, 0) is 11.2 Å². The van der Waals surface area contributed by atoms with Crippen molar-refractivity contribution in [2.24, 2.45) is 5.92 Å². The van der Waals surface area contributed by atoms with Gasteiger partial charge in [-0.3, -0.25) is 0 Å². The highest BCUT2D eigenvalue weighted by Crippen LogP contribution is 2.33. The van der Waals surface area contributed by atoms with Crippen LogP contribution in [0.5, 0.6) is 0 Å². The molecule has 1 N–H and O–H groups in total. The average molecular weight is 326 g/mol. The summed E-state index contributed by atoms with van der Waals surface area (Å²) in [5.74, 6) is 0.589. The van der Waals surface area contributed by atoms with Gasteiger partial charge in [0, 0.05) is 23.2 Å². The number of hydrogen-bond acceptors (Lipinski definition) is 2. The van der Waals surface area contributed by atoms with E-state index in [1.807, 2.05) is 0 Å². The molecule has 1 aromatic rings. The molecule has 0 saturated heterocycles. The number of ether oxygens (including phenoxy) is 1. The maximum atomic E-state index is 5.60. The van der Waals surface area contributed by atoms with Crippen molar-refractivity contribution >= 4 is 15.9 Å². The Hall–Kier alpha value is -0.380. The zero-order valence-corrected chi connectivity index (χ0v) is 13.7. The van der Waals surface area contributed by atoms with E-state index in [2.05, 4.69) is 60.2 Å². The number of hydrogen-bond donors (Lipinski definition) is 1. The highest BCUT2D eigenvalue weighted by molar-refractivity contribution is 9.10. The molecule has 2 atom stereocenters. The number of fused-ring (bicyclic) bond motifs is 1. The van der Waals surface area contributed by atoms with Crippen molar-refractivity contribution in [2.45, 2.75) is 45.7 Å². The minimum Gasteiger partial charge on any atom is -0.380 e.